The number of alkyl carbamates (subject to hydrolysis) is 1. The highest BCUT2D eigenvalue weighted by atomic mass is 79.9. The number of nitrogens with one attached hydrogen (secondary N) is 1. The van der Waals surface area contributed by atoms with Crippen molar-refractivity contribution in [2.45, 2.75) is 38.8 Å². The summed E-state index contributed by atoms with van der Waals surface area (Å²) in [7, 11) is 0. The number of hydrogen-bond donors (Lipinski definition) is 1. The predicted molar refractivity (Wildman–Crippen MR) is 74.4 cm³/mol. The van der Waals surface area contributed by atoms with E-state index in [0.717, 1.165) is 20.8 Å². The van der Waals surface area contributed by atoms with Gasteiger partial charge in [-0.3, -0.25) is 0 Å². The summed E-state index contributed by atoms with van der Waals surface area (Å²) < 4.78 is 11.9. The minimum Gasteiger partial charge on any atom is -0.490 e. The van der Waals surface area contributed by atoms with Crippen molar-refractivity contribution in [3.8, 4) is 5.75 Å². The number of fused-ring (bicyclic) bond motifs is 1. The van der Waals surface area contributed by atoms with E-state index >= 15 is 0 Å². The normalized spacial score (nSPS) is 18.8. The largest absolute Gasteiger partial charge is 0.490 e. The number of thiophene rings is 1. The molecule has 1 atom stereocenters. The number of rotatable bonds is 1. The van der Waals surface area contributed by atoms with Crippen LogP contribution in [0.2, 0.25) is 0 Å². The first-order chi connectivity index (χ1) is 8.33. The monoisotopic (exact) mass is 333 g/mol. The Morgan fingerprint density at radius 2 is 2.33 bits per heavy atom. The van der Waals surface area contributed by atoms with Crippen LogP contribution in [0.25, 0.3) is 0 Å². The zero-order chi connectivity index (χ0) is 13.3. The molecule has 0 fully saturated rings. The Morgan fingerprint density at radius 1 is 1.61 bits per heavy atom. The molecule has 1 aliphatic rings. The smallest absolute Gasteiger partial charge is 0.408 e. The number of ether oxygens (including phenoxy) is 2. The lowest BCUT2D eigenvalue weighted by atomic mass is 10.1. The number of amides is 1. The first kappa shape index (κ1) is 13.7. The number of halogens is 1. The quantitative estimate of drug-likeness (QED) is 0.857. The molecule has 0 saturated heterocycles. The van der Waals surface area contributed by atoms with Crippen LogP contribution in [0.4, 0.5) is 4.79 Å². The van der Waals surface area contributed by atoms with Gasteiger partial charge in [0.25, 0.3) is 0 Å². The number of hydrogen-bond acceptors (Lipinski definition) is 4. The van der Waals surface area contributed by atoms with Crippen LogP contribution in [0.3, 0.4) is 0 Å². The van der Waals surface area contributed by atoms with Crippen LogP contribution < -0.4 is 10.1 Å². The molecule has 100 valence electrons. The van der Waals surface area contributed by atoms with Gasteiger partial charge in [-0.1, -0.05) is 0 Å². The average Bonchev–Trinajstić information content (AvgIpc) is 2.53. The van der Waals surface area contributed by atoms with E-state index in [9.17, 15) is 4.79 Å². The zero-order valence-corrected chi connectivity index (χ0v) is 13.0. The first-order valence-corrected chi connectivity index (χ1v) is 7.35. The maximum atomic E-state index is 11.6. The Labute approximate surface area is 119 Å². The van der Waals surface area contributed by atoms with Crippen molar-refractivity contribution in [2.24, 2.45) is 0 Å². The summed E-state index contributed by atoms with van der Waals surface area (Å²) in [5, 5.41) is 2.83. The first-order valence-electron chi connectivity index (χ1n) is 5.74. The van der Waals surface area contributed by atoms with Gasteiger partial charge >= 0.3 is 6.09 Å². The number of carbonyl (C=O) groups is 1. The SMILES string of the molecule is CC(C)(C)OC(=O)NC1COc2cc(Br)sc2C1. The van der Waals surface area contributed by atoms with Gasteiger partial charge in [0.1, 0.15) is 18.0 Å². The van der Waals surface area contributed by atoms with E-state index in [1.165, 1.54) is 0 Å². The van der Waals surface area contributed by atoms with E-state index in [0.29, 0.717) is 6.61 Å². The second-order valence-electron chi connectivity index (χ2n) is 5.20. The molecule has 1 amide bonds. The molecule has 4 nitrogen and oxygen atoms in total. The zero-order valence-electron chi connectivity index (χ0n) is 10.6. The highest BCUT2D eigenvalue weighted by Gasteiger charge is 2.25. The van der Waals surface area contributed by atoms with Crippen molar-refractivity contribution < 1.29 is 14.3 Å². The van der Waals surface area contributed by atoms with Crippen LogP contribution in [0.1, 0.15) is 25.6 Å². The lowest BCUT2D eigenvalue weighted by Gasteiger charge is -2.26. The molecule has 0 saturated carbocycles. The topological polar surface area (TPSA) is 47.6 Å². The molecular formula is C12H16BrNO3S. The van der Waals surface area contributed by atoms with E-state index in [-0.39, 0.29) is 6.04 Å². The van der Waals surface area contributed by atoms with Crippen molar-refractivity contribution >= 4 is 33.4 Å². The summed E-state index contributed by atoms with van der Waals surface area (Å²) in [4.78, 5) is 12.8. The minimum absolute atomic E-state index is 0.0297. The lowest BCUT2D eigenvalue weighted by molar-refractivity contribution is 0.0482. The highest BCUT2D eigenvalue weighted by molar-refractivity contribution is 9.11. The van der Waals surface area contributed by atoms with E-state index in [4.69, 9.17) is 9.47 Å². The summed E-state index contributed by atoms with van der Waals surface area (Å²) in [5.74, 6) is 0.911. The van der Waals surface area contributed by atoms with E-state index < -0.39 is 11.7 Å². The maximum Gasteiger partial charge on any atom is 0.408 e. The molecule has 0 aromatic carbocycles. The van der Waals surface area contributed by atoms with E-state index in [2.05, 4.69) is 21.2 Å². The Kier molecular flexibility index (Phi) is 3.87. The van der Waals surface area contributed by atoms with Crippen molar-refractivity contribution in [2.75, 3.05) is 6.61 Å². The van der Waals surface area contributed by atoms with Crippen molar-refractivity contribution in [1.82, 2.24) is 5.32 Å². The van der Waals surface area contributed by atoms with Crippen LogP contribution >= 0.6 is 27.3 Å². The molecule has 1 aromatic heterocycles. The third-order valence-electron chi connectivity index (χ3n) is 2.33. The Balaban J connectivity index is 1.91. The molecule has 1 aromatic rings. The van der Waals surface area contributed by atoms with Crippen molar-refractivity contribution in [1.29, 1.82) is 0 Å². The van der Waals surface area contributed by atoms with Crippen LogP contribution in [-0.2, 0) is 11.2 Å². The van der Waals surface area contributed by atoms with Gasteiger partial charge in [0.05, 0.1) is 9.83 Å². The summed E-state index contributed by atoms with van der Waals surface area (Å²) >= 11 is 5.06. The van der Waals surface area contributed by atoms with Crippen molar-refractivity contribution in [3.05, 3.63) is 14.7 Å². The fourth-order valence-electron chi connectivity index (χ4n) is 1.69. The van der Waals surface area contributed by atoms with Gasteiger partial charge in [-0.05, 0) is 36.7 Å². The molecule has 0 radical (unpaired) electrons. The van der Waals surface area contributed by atoms with E-state index in [1.807, 2.05) is 26.8 Å². The summed E-state index contributed by atoms with van der Waals surface area (Å²) in [6.07, 6.45) is 0.389. The fourth-order valence-corrected chi connectivity index (χ4v) is 3.38. The molecule has 0 spiro atoms. The van der Waals surface area contributed by atoms with E-state index in [1.54, 1.807) is 11.3 Å². The van der Waals surface area contributed by atoms with Crippen LogP contribution in [-0.4, -0.2) is 24.3 Å². The van der Waals surface area contributed by atoms with Gasteiger partial charge in [-0.15, -0.1) is 11.3 Å². The lowest BCUT2D eigenvalue weighted by Crippen LogP contribution is -2.44. The van der Waals surface area contributed by atoms with Crippen molar-refractivity contribution in [3.63, 3.8) is 0 Å². The Bertz CT molecular complexity index is 453. The molecule has 18 heavy (non-hydrogen) atoms. The van der Waals surface area contributed by atoms with Gasteiger partial charge in [0.2, 0.25) is 0 Å². The third kappa shape index (κ3) is 3.62. The Hall–Kier alpha value is -0.750. The molecule has 1 aliphatic heterocycles. The summed E-state index contributed by atoms with van der Waals surface area (Å²) in [6.45, 7) is 6.02. The van der Waals surface area contributed by atoms with Gasteiger partial charge in [-0.25, -0.2) is 4.79 Å². The second kappa shape index (κ2) is 5.09. The standard InChI is InChI=1S/C12H16BrNO3S/c1-12(2,3)17-11(15)14-7-4-9-8(16-6-7)5-10(13)18-9/h5,7H,4,6H2,1-3H3,(H,14,15). The van der Waals surface area contributed by atoms with Crippen LogP contribution in [0.15, 0.2) is 9.85 Å². The Morgan fingerprint density at radius 3 is 3.00 bits per heavy atom. The van der Waals surface area contributed by atoms with Gasteiger partial charge in [0.15, 0.2) is 0 Å². The van der Waals surface area contributed by atoms with Crippen LogP contribution in [0.5, 0.6) is 5.75 Å². The van der Waals surface area contributed by atoms with Gasteiger partial charge in [-0.2, -0.15) is 0 Å². The molecular weight excluding hydrogens is 318 g/mol. The highest BCUT2D eigenvalue weighted by Crippen LogP contribution is 2.36. The van der Waals surface area contributed by atoms with Gasteiger partial charge < -0.3 is 14.8 Å². The second-order valence-corrected chi connectivity index (χ2v) is 7.71. The van der Waals surface area contributed by atoms with Gasteiger partial charge in [0, 0.05) is 17.4 Å². The minimum atomic E-state index is -0.475. The molecule has 2 rings (SSSR count). The summed E-state index contributed by atoms with van der Waals surface area (Å²) in [6, 6.07) is 1.93. The maximum absolute atomic E-state index is 11.6. The molecule has 0 bridgehead atoms. The molecule has 2 heterocycles. The average molecular weight is 334 g/mol. The predicted octanol–water partition coefficient (Wildman–Crippen LogP) is 3.34. The molecule has 1 unspecified atom stereocenters. The third-order valence-corrected chi connectivity index (χ3v) is 3.97. The molecule has 0 aliphatic carbocycles. The molecule has 6 heteroatoms. The molecule has 1 N–H and O–H groups in total. The summed E-state index contributed by atoms with van der Waals surface area (Å²) in [5.41, 5.74) is -0.475. The fraction of sp³-hybridized carbons (Fsp3) is 0.583. The van der Waals surface area contributed by atoms with Crippen LogP contribution in [0, 0.1) is 0 Å². The number of carbonyl (C=O) groups excluding carboxylic acids is 1.